The number of hydrogen-bond acceptors (Lipinski definition) is 4. The van der Waals surface area contributed by atoms with Crippen molar-refractivity contribution in [3.8, 4) is 0 Å². The van der Waals surface area contributed by atoms with Gasteiger partial charge in [0.15, 0.2) is 0 Å². The fraction of sp³-hybridized carbons (Fsp3) is 0.667. The van der Waals surface area contributed by atoms with Crippen molar-refractivity contribution in [1.29, 1.82) is 0 Å². The average Bonchev–Trinajstić information content (AvgIpc) is 2.86. The molecule has 2 rings (SSSR count). The van der Waals surface area contributed by atoms with Gasteiger partial charge in [0.05, 0.1) is 6.54 Å². The summed E-state index contributed by atoms with van der Waals surface area (Å²) in [4.78, 5) is 15.6. The minimum atomic E-state index is -0.737. The van der Waals surface area contributed by atoms with Crippen molar-refractivity contribution in [2.75, 3.05) is 20.6 Å². The highest BCUT2D eigenvalue weighted by Crippen LogP contribution is 2.23. The molecule has 1 aliphatic heterocycles. The van der Waals surface area contributed by atoms with Gasteiger partial charge in [0, 0.05) is 19.0 Å². The number of nitrogens with zero attached hydrogens (tertiary/aromatic N) is 2. The predicted molar refractivity (Wildman–Crippen MR) is 76.6 cm³/mol. The van der Waals surface area contributed by atoms with E-state index in [4.69, 9.17) is 4.42 Å². The molecule has 1 aliphatic rings. The first kappa shape index (κ1) is 15.1. The molecule has 20 heavy (non-hydrogen) atoms. The summed E-state index contributed by atoms with van der Waals surface area (Å²) in [6.07, 6.45) is 2.53. The van der Waals surface area contributed by atoms with Crippen LogP contribution in [0, 0.1) is 0 Å². The number of piperidine rings is 1. The van der Waals surface area contributed by atoms with Crippen molar-refractivity contribution in [2.45, 2.75) is 44.8 Å². The molecule has 5 heteroatoms. The molecule has 1 aromatic heterocycles. The molecule has 1 saturated heterocycles. The number of aryl methyl sites for hydroxylation is 1. The number of aliphatic carboxylic acids is 1. The Hall–Kier alpha value is -1.33. The van der Waals surface area contributed by atoms with E-state index in [9.17, 15) is 9.90 Å². The van der Waals surface area contributed by atoms with Crippen LogP contribution in [0.4, 0.5) is 0 Å². The monoisotopic (exact) mass is 280 g/mol. The van der Waals surface area contributed by atoms with Gasteiger partial charge in [0.2, 0.25) is 0 Å². The topological polar surface area (TPSA) is 56.9 Å². The Balaban J connectivity index is 2.04. The van der Waals surface area contributed by atoms with E-state index in [0.29, 0.717) is 19.0 Å². The van der Waals surface area contributed by atoms with Crippen molar-refractivity contribution in [3.63, 3.8) is 0 Å². The molecule has 5 nitrogen and oxygen atoms in total. The Bertz CT molecular complexity index is 456. The highest BCUT2D eigenvalue weighted by Gasteiger charge is 2.34. The maximum absolute atomic E-state index is 11.5. The van der Waals surface area contributed by atoms with E-state index in [2.05, 4.69) is 4.90 Å². The SMILES string of the molecule is CCc1ccc(CN2CC[C@H](N(C)C)C[C@@H]2C(=O)O)o1. The van der Waals surface area contributed by atoms with E-state index < -0.39 is 12.0 Å². The Morgan fingerprint density at radius 2 is 2.15 bits per heavy atom. The van der Waals surface area contributed by atoms with Crippen LogP contribution in [0.3, 0.4) is 0 Å². The number of carboxylic acids is 1. The maximum atomic E-state index is 11.5. The summed E-state index contributed by atoms with van der Waals surface area (Å²) in [5.74, 6) is 1.07. The van der Waals surface area contributed by atoms with Crippen LogP contribution in [-0.2, 0) is 17.8 Å². The first-order chi connectivity index (χ1) is 9.51. The Morgan fingerprint density at radius 3 is 2.70 bits per heavy atom. The van der Waals surface area contributed by atoms with Crippen molar-refractivity contribution < 1.29 is 14.3 Å². The highest BCUT2D eigenvalue weighted by molar-refractivity contribution is 5.73. The van der Waals surface area contributed by atoms with E-state index in [1.54, 1.807) is 0 Å². The van der Waals surface area contributed by atoms with Gasteiger partial charge in [-0.15, -0.1) is 0 Å². The second-order valence-electron chi connectivity index (χ2n) is 5.69. The molecular weight excluding hydrogens is 256 g/mol. The maximum Gasteiger partial charge on any atom is 0.320 e. The van der Waals surface area contributed by atoms with Crippen LogP contribution < -0.4 is 0 Å². The predicted octanol–water partition coefficient (Wildman–Crippen LogP) is 1.82. The van der Waals surface area contributed by atoms with Crippen molar-refractivity contribution >= 4 is 5.97 Å². The van der Waals surface area contributed by atoms with Crippen LogP contribution in [0.25, 0.3) is 0 Å². The van der Waals surface area contributed by atoms with Gasteiger partial charge in [0.1, 0.15) is 17.6 Å². The zero-order chi connectivity index (χ0) is 14.7. The summed E-state index contributed by atoms with van der Waals surface area (Å²) in [6, 6.07) is 3.84. The lowest BCUT2D eigenvalue weighted by molar-refractivity contribution is -0.146. The molecule has 0 saturated carbocycles. The van der Waals surface area contributed by atoms with Gasteiger partial charge in [0.25, 0.3) is 0 Å². The van der Waals surface area contributed by atoms with Gasteiger partial charge in [-0.3, -0.25) is 9.69 Å². The average molecular weight is 280 g/mol. The zero-order valence-electron chi connectivity index (χ0n) is 12.5. The van der Waals surface area contributed by atoms with E-state index in [1.165, 1.54) is 0 Å². The van der Waals surface area contributed by atoms with Gasteiger partial charge in [-0.25, -0.2) is 0 Å². The summed E-state index contributed by atoms with van der Waals surface area (Å²) < 4.78 is 5.69. The molecule has 0 bridgehead atoms. The third-order valence-electron chi connectivity index (χ3n) is 4.13. The molecule has 0 unspecified atom stereocenters. The number of carboxylic acid groups (broad SMARTS) is 1. The van der Waals surface area contributed by atoms with Crippen LogP contribution in [-0.4, -0.2) is 53.6 Å². The Morgan fingerprint density at radius 1 is 1.45 bits per heavy atom. The largest absolute Gasteiger partial charge is 0.480 e. The molecule has 2 atom stereocenters. The lowest BCUT2D eigenvalue weighted by Gasteiger charge is -2.39. The third kappa shape index (κ3) is 3.41. The lowest BCUT2D eigenvalue weighted by atomic mass is 9.96. The number of carbonyl (C=O) groups is 1. The normalized spacial score (nSPS) is 24.2. The summed E-state index contributed by atoms with van der Waals surface area (Å²) in [6.45, 7) is 3.42. The van der Waals surface area contributed by atoms with Crippen molar-refractivity contribution in [2.24, 2.45) is 0 Å². The molecule has 0 spiro atoms. The third-order valence-corrected chi connectivity index (χ3v) is 4.13. The summed E-state index contributed by atoms with van der Waals surface area (Å²) >= 11 is 0. The zero-order valence-corrected chi connectivity index (χ0v) is 12.5. The molecule has 0 radical (unpaired) electrons. The molecule has 0 aliphatic carbocycles. The quantitative estimate of drug-likeness (QED) is 0.891. The summed E-state index contributed by atoms with van der Waals surface area (Å²) in [5, 5.41) is 9.45. The molecule has 1 fully saturated rings. The van der Waals surface area contributed by atoms with E-state index in [1.807, 2.05) is 38.1 Å². The van der Waals surface area contributed by atoms with Gasteiger partial charge in [-0.1, -0.05) is 6.92 Å². The van der Waals surface area contributed by atoms with Gasteiger partial charge in [-0.05, 0) is 39.1 Å². The Labute approximate surface area is 120 Å². The van der Waals surface area contributed by atoms with Crippen molar-refractivity contribution in [1.82, 2.24) is 9.80 Å². The van der Waals surface area contributed by atoms with E-state index in [-0.39, 0.29) is 0 Å². The van der Waals surface area contributed by atoms with Gasteiger partial charge >= 0.3 is 5.97 Å². The number of likely N-dealkylation sites (tertiary alicyclic amines) is 1. The molecule has 2 heterocycles. The minimum absolute atomic E-state index is 0.343. The van der Waals surface area contributed by atoms with Crippen LogP contribution in [0.2, 0.25) is 0 Å². The minimum Gasteiger partial charge on any atom is -0.480 e. The van der Waals surface area contributed by atoms with E-state index >= 15 is 0 Å². The fourth-order valence-corrected chi connectivity index (χ4v) is 2.81. The van der Waals surface area contributed by atoms with E-state index in [0.717, 1.165) is 30.9 Å². The molecule has 0 aromatic carbocycles. The first-order valence-corrected chi connectivity index (χ1v) is 7.22. The number of hydrogen-bond donors (Lipinski definition) is 1. The van der Waals surface area contributed by atoms with Gasteiger partial charge < -0.3 is 14.4 Å². The molecule has 0 amide bonds. The number of rotatable bonds is 5. The molecule has 1 N–H and O–H groups in total. The highest BCUT2D eigenvalue weighted by atomic mass is 16.4. The fourth-order valence-electron chi connectivity index (χ4n) is 2.81. The molecular formula is C15H24N2O3. The number of furan rings is 1. The summed E-state index contributed by atoms with van der Waals surface area (Å²) in [5.41, 5.74) is 0. The smallest absolute Gasteiger partial charge is 0.320 e. The standard InChI is InChI=1S/C15H24N2O3/c1-4-12-5-6-13(20-12)10-17-8-7-11(16(2)3)9-14(17)15(18)19/h5-6,11,14H,4,7-10H2,1-3H3,(H,18,19)/t11-,14+/m0/s1. The lowest BCUT2D eigenvalue weighted by Crippen LogP contribution is -2.51. The first-order valence-electron chi connectivity index (χ1n) is 7.22. The molecule has 112 valence electrons. The summed E-state index contributed by atoms with van der Waals surface area (Å²) in [7, 11) is 4.03. The van der Waals surface area contributed by atoms with Crippen LogP contribution >= 0.6 is 0 Å². The van der Waals surface area contributed by atoms with Crippen LogP contribution in [0.1, 0.15) is 31.3 Å². The van der Waals surface area contributed by atoms with Crippen LogP contribution in [0.15, 0.2) is 16.5 Å². The van der Waals surface area contributed by atoms with Crippen molar-refractivity contribution in [3.05, 3.63) is 23.7 Å². The second kappa shape index (κ2) is 6.41. The second-order valence-corrected chi connectivity index (χ2v) is 5.69. The van der Waals surface area contributed by atoms with Gasteiger partial charge in [-0.2, -0.15) is 0 Å². The Kier molecular flexibility index (Phi) is 4.83. The van der Waals surface area contributed by atoms with Crippen LogP contribution in [0.5, 0.6) is 0 Å². The molecule has 1 aromatic rings.